The zero-order valence-electron chi connectivity index (χ0n) is 17.3. The molecule has 1 aliphatic heterocycles. The second kappa shape index (κ2) is 9.09. The third-order valence-corrected chi connectivity index (χ3v) is 5.52. The Morgan fingerprint density at radius 2 is 1.90 bits per heavy atom. The van der Waals surface area contributed by atoms with Gasteiger partial charge in [-0.3, -0.25) is 14.7 Å². The van der Waals surface area contributed by atoms with Crippen molar-refractivity contribution in [2.24, 2.45) is 0 Å². The lowest BCUT2D eigenvalue weighted by molar-refractivity contribution is 0.134. The summed E-state index contributed by atoms with van der Waals surface area (Å²) in [4.78, 5) is 26.7. The number of pyridine rings is 1. The second-order valence-electron chi connectivity index (χ2n) is 7.36. The van der Waals surface area contributed by atoms with Crippen molar-refractivity contribution in [3.8, 4) is 23.0 Å². The first kappa shape index (κ1) is 20.1. The molecule has 0 amide bonds. The van der Waals surface area contributed by atoms with Crippen molar-refractivity contribution in [1.29, 1.82) is 0 Å². The number of piperidine rings is 1. The highest BCUT2D eigenvalue weighted by Gasteiger charge is 2.28. The number of benzene rings is 1. The van der Waals surface area contributed by atoms with Gasteiger partial charge in [-0.05, 0) is 43.7 Å². The van der Waals surface area contributed by atoms with Gasteiger partial charge in [-0.15, -0.1) is 0 Å². The van der Waals surface area contributed by atoms with Crippen LogP contribution in [-0.2, 0) is 6.54 Å². The van der Waals surface area contributed by atoms with Gasteiger partial charge in [-0.1, -0.05) is 18.6 Å². The number of hydrogen-bond acceptors (Lipinski definition) is 6. The summed E-state index contributed by atoms with van der Waals surface area (Å²) in [6.45, 7) is 1.57. The van der Waals surface area contributed by atoms with Crippen molar-refractivity contribution in [1.82, 2.24) is 19.9 Å². The number of methoxy groups -OCH3 is 2. The molecule has 1 aromatic carbocycles. The molecule has 3 aromatic rings. The third kappa shape index (κ3) is 4.21. The second-order valence-corrected chi connectivity index (χ2v) is 7.36. The van der Waals surface area contributed by atoms with Gasteiger partial charge in [0.2, 0.25) is 0 Å². The molecule has 7 nitrogen and oxygen atoms in total. The van der Waals surface area contributed by atoms with Gasteiger partial charge in [-0.2, -0.15) is 0 Å². The first-order valence-electron chi connectivity index (χ1n) is 10.2. The smallest absolute Gasteiger partial charge is 0.251 e. The Hall–Kier alpha value is -3.19. The number of nitrogens with one attached hydrogen (secondary N) is 1. The van der Waals surface area contributed by atoms with Crippen molar-refractivity contribution in [3.05, 3.63) is 70.3 Å². The number of aromatic amines is 1. The normalized spacial score (nSPS) is 16.9. The highest BCUT2D eigenvalue weighted by molar-refractivity contribution is 5.48. The van der Waals surface area contributed by atoms with Gasteiger partial charge in [0.25, 0.3) is 5.56 Å². The molecule has 1 atom stereocenters. The van der Waals surface area contributed by atoms with Crippen molar-refractivity contribution in [2.75, 3.05) is 20.8 Å². The molecule has 1 fully saturated rings. The number of aromatic nitrogens is 3. The van der Waals surface area contributed by atoms with Crippen LogP contribution >= 0.6 is 0 Å². The topological polar surface area (TPSA) is 80.3 Å². The lowest BCUT2D eigenvalue weighted by Gasteiger charge is -2.36. The summed E-state index contributed by atoms with van der Waals surface area (Å²) >= 11 is 0. The van der Waals surface area contributed by atoms with E-state index in [9.17, 15) is 4.79 Å². The fraction of sp³-hybridized carbons (Fsp3) is 0.348. The van der Waals surface area contributed by atoms with E-state index >= 15 is 0 Å². The maximum Gasteiger partial charge on any atom is 0.251 e. The number of ether oxygens (including phenoxy) is 2. The Balaban J connectivity index is 1.69. The maximum absolute atomic E-state index is 12.4. The van der Waals surface area contributed by atoms with E-state index in [0.29, 0.717) is 18.1 Å². The van der Waals surface area contributed by atoms with Crippen molar-refractivity contribution < 1.29 is 9.47 Å². The van der Waals surface area contributed by atoms with Crippen LogP contribution in [0.25, 0.3) is 11.5 Å². The molecule has 7 heteroatoms. The molecule has 0 aliphatic carbocycles. The van der Waals surface area contributed by atoms with Crippen LogP contribution in [0.1, 0.15) is 36.6 Å². The molecular formula is C23H26N4O3. The fourth-order valence-electron chi connectivity index (χ4n) is 4.07. The van der Waals surface area contributed by atoms with Crippen molar-refractivity contribution in [2.45, 2.75) is 31.8 Å². The number of likely N-dealkylation sites (tertiary alicyclic amines) is 1. The summed E-state index contributed by atoms with van der Waals surface area (Å²) in [5.74, 6) is 2.09. The summed E-state index contributed by atoms with van der Waals surface area (Å²) < 4.78 is 11.2. The van der Waals surface area contributed by atoms with E-state index in [1.54, 1.807) is 26.5 Å². The van der Waals surface area contributed by atoms with Gasteiger partial charge in [0.15, 0.2) is 5.82 Å². The van der Waals surface area contributed by atoms with Gasteiger partial charge < -0.3 is 14.5 Å². The number of rotatable bonds is 6. The van der Waals surface area contributed by atoms with Crippen LogP contribution in [0.3, 0.4) is 0 Å². The number of hydrogen-bond donors (Lipinski definition) is 1. The van der Waals surface area contributed by atoms with Crippen LogP contribution in [-0.4, -0.2) is 40.6 Å². The summed E-state index contributed by atoms with van der Waals surface area (Å²) in [7, 11) is 3.34. The number of H-pyrrole nitrogens is 1. The molecule has 0 saturated carbocycles. The van der Waals surface area contributed by atoms with E-state index in [1.807, 2.05) is 36.4 Å². The average Bonchev–Trinajstić information content (AvgIpc) is 2.79. The molecule has 0 unspecified atom stereocenters. The molecule has 2 aromatic heterocycles. The molecule has 1 aliphatic rings. The Morgan fingerprint density at radius 1 is 1.10 bits per heavy atom. The molecule has 0 bridgehead atoms. The van der Waals surface area contributed by atoms with Crippen LogP contribution in [0.2, 0.25) is 0 Å². The number of nitrogens with zero attached hydrogens (tertiary/aromatic N) is 3. The predicted molar refractivity (Wildman–Crippen MR) is 115 cm³/mol. The SMILES string of the molecule is COc1cccc(OC)c1CN1CCCC[C@H]1c1cc(=O)[nH]c(-c2ccccn2)n1. The largest absolute Gasteiger partial charge is 0.496 e. The van der Waals surface area contributed by atoms with Gasteiger partial charge in [0.1, 0.15) is 17.2 Å². The van der Waals surface area contributed by atoms with E-state index in [1.165, 1.54) is 0 Å². The Morgan fingerprint density at radius 3 is 2.60 bits per heavy atom. The zero-order chi connectivity index (χ0) is 20.9. The van der Waals surface area contributed by atoms with Crippen LogP contribution in [0, 0.1) is 0 Å². The molecule has 156 valence electrons. The monoisotopic (exact) mass is 406 g/mol. The molecule has 0 radical (unpaired) electrons. The average molecular weight is 406 g/mol. The summed E-state index contributed by atoms with van der Waals surface area (Å²) in [5.41, 5.74) is 2.27. The van der Waals surface area contributed by atoms with Crippen LogP contribution in [0.4, 0.5) is 0 Å². The Kier molecular flexibility index (Phi) is 6.09. The molecule has 30 heavy (non-hydrogen) atoms. The predicted octanol–water partition coefficient (Wildman–Crippen LogP) is 3.58. The van der Waals surface area contributed by atoms with E-state index in [0.717, 1.165) is 48.6 Å². The van der Waals surface area contributed by atoms with Crippen LogP contribution < -0.4 is 15.0 Å². The van der Waals surface area contributed by atoms with E-state index in [2.05, 4.69) is 14.9 Å². The summed E-state index contributed by atoms with van der Waals surface area (Å²) in [5, 5.41) is 0. The maximum atomic E-state index is 12.4. The molecule has 3 heterocycles. The first-order chi connectivity index (χ1) is 14.7. The Labute approximate surface area is 175 Å². The van der Waals surface area contributed by atoms with Gasteiger partial charge in [0, 0.05) is 18.8 Å². The van der Waals surface area contributed by atoms with E-state index in [4.69, 9.17) is 14.5 Å². The lowest BCUT2D eigenvalue weighted by atomic mass is 9.97. The molecule has 0 spiro atoms. The zero-order valence-corrected chi connectivity index (χ0v) is 17.3. The molecule has 1 saturated heterocycles. The first-order valence-corrected chi connectivity index (χ1v) is 10.2. The molecule has 4 rings (SSSR count). The van der Waals surface area contributed by atoms with Crippen molar-refractivity contribution in [3.63, 3.8) is 0 Å². The molecular weight excluding hydrogens is 380 g/mol. The Bertz CT molecular complexity index is 1030. The highest BCUT2D eigenvalue weighted by atomic mass is 16.5. The minimum Gasteiger partial charge on any atom is -0.496 e. The van der Waals surface area contributed by atoms with E-state index < -0.39 is 0 Å². The molecule has 1 N–H and O–H groups in total. The summed E-state index contributed by atoms with van der Waals surface area (Å²) in [6.07, 6.45) is 4.83. The van der Waals surface area contributed by atoms with Gasteiger partial charge >= 0.3 is 0 Å². The van der Waals surface area contributed by atoms with Gasteiger partial charge in [0.05, 0.1) is 31.5 Å². The fourth-order valence-corrected chi connectivity index (χ4v) is 4.07. The highest BCUT2D eigenvalue weighted by Crippen LogP contribution is 2.36. The minimum absolute atomic E-state index is 0.0399. The third-order valence-electron chi connectivity index (χ3n) is 5.52. The van der Waals surface area contributed by atoms with Crippen LogP contribution in [0.15, 0.2) is 53.5 Å². The van der Waals surface area contributed by atoms with Crippen LogP contribution in [0.5, 0.6) is 11.5 Å². The van der Waals surface area contributed by atoms with Gasteiger partial charge in [-0.25, -0.2) is 4.98 Å². The van der Waals surface area contributed by atoms with E-state index in [-0.39, 0.29) is 11.6 Å². The summed E-state index contributed by atoms with van der Waals surface area (Å²) in [6, 6.07) is 13.0. The minimum atomic E-state index is -0.166. The standard InChI is InChI=1S/C23H26N4O3/c1-29-20-10-7-11-21(30-2)16(20)15-27-13-6-4-9-19(27)18-14-22(28)26-23(25-18)17-8-3-5-12-24-17/h3,5,7-8,10-12,14,19H,4,6,9,13,15H2,1-2H3,(H,25,26,28)/t19-/m0/s1. The van der Waals surface area contributed by atoms with Crippen molar-refractivity contribution >= 4 is 0 Å². The lowest BCUT2D eigenvalue weighted by Crippen LogP contribution is -2.34. The quantitative estimate of drug-likeness (QED) is 0.674.